The van der Waals surface area contributed by atoms with Crippen molar-refractivity contribution < 1.29 is 14.7 Å². The molecule has 5 nitrogen and oxygen atoms in total. The van der Waals surface area contributed by atoms with E-state index in [2.05, 4.69) is 0 Å². The summed E-state index contributed by atoms with van der Waals surface area (Å²) >= 11 is 0. The van der Waals surface area contributed by atoms with E-state index in [1.807, 2.05) is 45.0 Å². The molecule has 20 heavy (non-hydrogen) atoms. The van der Waals surface area contributed by atoms with E-state index in [0.29, 0.717) is 6.42 Å². The summed E-state index contributed by atoms with van der Waals surface area (Å²) in [6.07, 6.45) is 0.709. The molecule has 0 bridgehead atoms. The Hall–Kier alpha value is -2.04. The van der Waals surface area contributed by atoms with Gasteiger partial charge in [-0.25, -0.2) is 4.79 Å². The van der Waals surface area contributed by atoms with Gasteiger partial charge in [0.15, 0.2) is 0 Å². The van der Waals surface area contributed by atoms with Gasteiger partial charge in [-0.3, -0.25) is 9.69 Å². The number of carbonyl (C=O) groups is 2. The zero-order valence-electron chi connectivity index (χ0n) is 12.5. The number of hydrogen-bond acceptors (Lipinski definition) is 2. The number of anilines is 1. The maximum Gasteiger partial charge on any atom is 0.324 e. The van der Waals surface area contributed by atoms with E-state index in [4.69, 9.17) is 5.11 Å². The summed E-state index contributed by atoms with van der Waals surface area (Å²) < 4.78 is 0. The average Bonchev–Trinajstić information content (AvgIpc) is 2.42. The number of hydrogen-bond donors (Lipinski definition) is 1. The zero-order chi connectivity index (χ0) is 15.3. The summed E-state index contributed by atoms with van der Waals surface area (Å²) in [6.45, 7) is 5.44. The molecule has 110 valence electrons. The van der Waals surface area contributed by atoms with Gasteiger partial charge in [-0.2, -0.15) is 0 Å². The summed E-state index contributed by atoms with van der Waals surface area (Å²) in [6, 6.07) is 7.14. The predicted octanol–water partition coefficient (Wildman–Crippen LogP) is 2.74. The van der Waals surface area contributed by atoms with Gasteiger partial charge < -0.3 is 10.0 Å². The summed E-state index contributed by atoms with van der Waals surface area (Å²) in [5.74, 6) is -1.00. The lowest BCUT2D eigenvalue weighted by molar-refractivity contribution is -0.138. The molecule has 0 saturated heterocycles. The van der Waals surface area contributed by atoms with Gasteiger partial charge in [0, 0.05) is 18.8 Å². The van der Waals surface area contributed by atoms with Crippen molar-refractivity contribution in [2.45, 2.75) is 33.2 Å². The van der Waals surface area contributed by atoms with E-state index in [9.17, 15) is 9.59 Å². The van der Waals surface area contributed by atoms with Gasteiger partial charge in [-0.1, -0.05) is 19.1 Å². The lowest BCUT2D eigenvalue weighted by Crippen LogP contribution is -2.48. The Morgan fingerprint density at radius 1 is 1.35 bits per heavy atom. The van der Waals surface area contributed by atoms with Crippen LogP contribution in [0.5, 0.6) is 0 Å². The molecule has 1 aromatic rings. The summed E-state index contributed by atoms with van der Waals surface area (Å²) in [5.41, 5.74) is 1.81. The van der Waals surface area contributed by atoms with Crippen LogP contribution in [-0.4, -0.2) is 41.6 Å². The topological polar surface area (TPSA) is 60.9 Å². The molecule has 1 aromatic carbocycles. The number of nitrogens with zero attached hydrogens (tertiary/aromatic N) is 2. The van der Waals surface area contributed by atoms with E-state index < -0.39 is 5.97 Å². The zero-order valence-corrected chi connectivity index (χ0v) is 12.5. The second-order valence-corrected chi connectivity index (χ2v) is 4.96. The highest BCUT2D eigenvalue weighted by Gasteiger charge is 2.25. The molecule has 0 radical (unpaired) electrons. The fourth-order valence-electron chi connectivity index (χ4n) is 1.92. The first-order chi connectivity index (χ1) is 9.36. The van der Waals surface area contributed by atoms with Crippen LogP contribution in [0.3, 0.4) is 0 Å². The molecule has 0 aliphatic carbocycles. The number of amides is 2. The van der Waals surface area contributed by atoms with Gasteiger partial charge in [0.25, 0.3) is 0 Å². The van der Waals surface area contributed by atoms with Crippen molar-refractivity contribution >= 4 is 17.7 Å². The second kappa shape index (κ2) is 6.93. The SMILES string of the molecule is CCC(C)N(CC(=O)O)C(=O)N(C)c1cccc(C)c1. The second-order valence-electron chi connectivity index (χ2n) is 4.96. The van der Waals surface area contributed by atoms with Crippen LogP contribution in [-0.2, 0) is 4.79 Å². The Labute approximate surface area is 119 Å². The molecule has 2 amide bonds. The van der Waals surface area contributed by atoms with Gasteiger partial charge in [-0.15, -0.1) is 0 Å². The van der Waals surface area contributed by atoms with E-state index in [1.54, 1.807) is 7.05 Å². The molecular formula is C15H22N2O3. The van der Waals surface area contributed by atoms with Crippen molar-refractivity contribution in [2.24, 2.45) is 0 Å². The molecule has 1 unspecified atom stereocenters. The molecule has 0 heterocycles. The number of carboxylic acids is 1. The van der Waals surface area contributed by atoms with Gasteiger partial charge in [0.05, 0.1) is 0 Å². The highest BCUT2D eigenvalue weighted by Crippen LogP contribution is 2.17. The molecule has 0 aliphatic heterocycles. The molecule has 0 spiro atoms. The maximum atomic E-state index is 12.5. The number of aryl methyl sites for hydroxylation is 1. The molecule has 1 rings (SSSR count). The third kappa shape index (κ3) is 3.98. The van der Waals surface area contributed by atoms with Crippen LogP contribution in [0.1, 0.15) is 25.8 Å². The number of rotatable bonds is 5. The molecular weight excluding hydrogens is 256 g/mol. The first-order valence-electron chi connectivity index (χ1n) is 6.69. The van der Waals surface area contributed by atoms with Crippen molar-refractivity contribution in [3.63, 3.8) is 0 Å². The molecule has 0 aliphatic rings. The first kappa shape index (κ1) is 16.0. The molecule has 0 saturated carbocycles. The largest absolute Gasteiger partial charge is 0.480 e. The fourth-order valence-corrected chi connectivity index (χ4v) is 1.92. The van der Waals surface area contributed by atoms with Crippen molar-refractivity contribution in [1.29, 1.82) is 0 Å². The van der Waals surface area contributed by atoms with Gasteiger partial charge in [0.2, 0.25) is 0 Å². The van der Waals surface area contributed by atoms with Crippen LogP contribution in [0.4, 0.5) is 10.5 Å². The Morgan fingerprint density at radius 2 is 2.00 bits per heavy atom. The maximum absolute atomic E-state index is 12.5. The van der Waals surface area contributed by atoms with E-state index in [0.717, 1.165) is 11.3 Å². The summed E-state index contributed by atoms with van der Waals surface area (Å²) in [5, 5.41) is 8.96. The third-order valence-corrected chi connectivity index (χ3v) is 3.35. The Kier molecular flexibility index (Phi) is 5.55. The normalized spacial score (nSPS) is 11.8. The van der Waals surface area contributed by atoms with Crippen LogP contribution in [0.2, 0.25) is 0 Å². The lowest BCUT2D eigenvalue weighted by atomic mass is 10.2. The van der Waals surface area contributed by atoms with Crippen molar-refractivity contribution in [2.75, 3.05) is 18.5 Å². The van der Waals surface area contributed by atoms with Crippen molar-refractivity contribution in [3.05, 3.63) is 29.8 Å². The average molecular weight is 278 g/mol. The smallest absolute Gasteiger partial charge is 0.324 e. The third-order valence-electron chi connectivity index (χ3n) is 3.35. The van der Waals surface area contributed by atoms with E-state index >= 15 is 0 Å². The van der Waals surface area contributed by atoms with E-state index in [-0.39, 0.29) is 18.6 Å². The molecule has 0 fully saturated rings. The van der Waals surface area contributed by atoms with Crippen LogP contribution in [0.25, 0.3) is 0 Å². The molecule has 1 atom stereocenters. The number of aliphatic carboxylic acids is 1. The van der Waals surface area contributed by atoms with Crippen molar-refractivity contribution in [1.82, 2.24) is 4.90 Å². The highest BCUT2D eigenvalue weighted by atomic mass is 16.4. The first-order valence-corrected chi connectivity index (χ1v) is 6.69. The number of carboxylic acid groups (broad SMARTS) is 1. The minimum Gasteiger partial charge on any atom is -0.480 e. The van der Waals surface area contributed by atoms with Gasteiger partial charge >= 0.3 is 12.0 Å². The molecule has 5 heteroatoms. The van der Waals surface area contributed by atoms with Crippen LogP contribution in [0, 0.1) is 6.92 Å². The number of carbonyl (C=O) groups excluding carboxylic acids is 1. The fraction of sp³-hybridized carbons (Fsp3) is 0.467. The number of benzene rings is 1. The standard InChI is InChI=1S/C15H22N2O3/c1-5-12(3)17(10-14(18)19)15(20)16(4)13-8-6-7-11(2)9-13/h6-9,12H,5,10H2,1-4H3,(H,18,19). The monoisotopic (exact) mass is 278 g/mol. The summed E-state index contributed by atoms with van der Waals surface area (Å²) in [7, 11) is 1.66. The van der Waals surface area contributed by atoms with Crippen LogP contribution in [0.15, 0.2) is 24.3 Å². The highest BCUT2D eigenvalue weighted by molar-refractivity contribution is 5.93. The minimum absolute atomic E-state index is 0.120. The van der Waals surface area contributed by atoms with Crippen molar-refractivity contribution in [3.8, 4) is 0 Å². The Morgan fingerprint density at radius 3 is 2.50 bits per heavy atom. The Balaban J connectivity index is 2.96. The molecule has 1 N–H and O–H groups in total. The predicted molar refractivity (Wildman–Crippen MR) is 79.1 cm³/mol. The lowest BCUT2D eigenvalue weighted by Gasteiger charge is -2.31. The van der Waals surface area contributed by atoms with Crippen LogP contribution < -0.4 is 4.90 Å². The number of urea groups is 1. The van der Waals surface area contributed by atoms with Gasteiger partial charge in [-0.05, 0) is 38.0 Å². The quantitative estimate of drug-likeness (QED) is 0.901. The molecule has 0 aromatic heterocycles. The van der Waals surface area contributed by atoms with E-state index in [1.165, 1.54) is 9.80 Å². The van der Waals surface area contributed by atoms with Gasteiger partial charge in [0.1, 0.15) is 6.54 Å². The van der Waals surface area contributed by atoms with Crippen LogP contribution >= 0.6 is 0 Å². The Bertz CT molecular complexity index is 488. The minimum atomic E-state index is -1.00. The summed E-state index contributed by atoms with van der Waals surface area (Å²) in [4.78, 5) is 26.3.